The Kier molecular flexibility index (Phi) is 3.36. The molecule has 0 saturated carbocycles. The van der Waals surface area contributed by atoms with Crippen LogP contribution < -0.4 is 4.74 Å². The van der Waals surface area contributed by atoms with E-state index in [-0.39, 0.29) is 5.75 Å². The summed E-state index contributed by atoms with van der Waals surface area (Å²) in [6.45, 7) is 5.21. The van der Waals surface area contributed by atoms with Crippen LogP contribution in [0.3, 0.4) is 0 Å². The lowest BCUT2D eigenvalue weighted by molar-refractivity contribution is 0.267. The second kappa shape index (κ2) is 5.17. The zero-order valence-electron chi connectivity index (χ0n) is 11.8. The average molecular weight is 273 g/mol. The van der Waals surface area contributed by atoms with Gasteiger partial charge in [0.1, 0.15) is 0 Å². The van der Waals surface area contributed by atoms with E-state index in [0.29, 0.717) is 5.75 Å². The van der Waals surface area contributed by atoms with Gasteiger partial charge in [-0.05, 0) is 24.7 Å². The maximum absolute atomic E-state index is 9.69. The van der Waals surface area contributed by atoms with E-state index >= 15 is 0 Å². The number of nitrogens with one attached hydrogen (secondary N) is 1. The number of fused-ring (bicyclic) bond motifs is 1. The van der Waals surface area contributed by atoms with E-state index < -0.39 is 0 Å². The quantitative estimate of drug-likeness (QED) is 0.899. The molecule has 0 fully saturated rings. The van der Waals surface area contributed by atoms with Crippen LogP contribution in [0.15, 0.2) is 18.2 Å². The van der Waals surface area contributed by atoms with Gasteiger partial charge in [0.25, 0.3) is 0 Å². The first-order valence-corrected chi connectivity index (χ1v) is 6.88. The predicted octanol–water partition coefficient (Wildman–Crippen LogP) is 2.17. The molecule has 0 aliphatic carbocycles. The fraction of sp³-hybridized carbons (Fsp3) is 0.400. The third-order valence-corrected chi connectivity index (χ3v) is 3.91. The number of benzene rings is 1. The molecule has 1 aromatic heterocycles. The number of phenols is 1. The Morgan fingerprint density at radius 2 is 2.30 bits per heavy atom. The lowest BCUT2D eigenvalue weighted by atomic mass is 10.0. The second-order valence-electron chi connectivity index (χ2n) is 5.03. The Hall–Kier alpha value is -2.01. The number of likely N-dealkylation sites (N-methyl/N-ethyl adjacent to an activating group) is 1. The molecule has 5 nitrogen and oxygen atoms in total. The highest BCUT2D eigenvalue weighted by molar-refractivity contribution is 5.67. The summed E-state index contributed by atoms with van der Waals surface area (Å²) in [5.41, 5.74) is 4.40. The van der Waals surface area contributed by atoms with Crippen LogP contribution in [0.4, 0.5) is 0 Å². The average Bonchev–Trinajstić information content (AvgIpc) is 2.90. The number of aromatic nitrogens is 2. The van der Waals surface area contributed by atoms with E-state index in [2.05, 4.69) is 22.0 Å². The van der Waals surface area contributed by atoms with Crippen molar-refractivity contribution < 1.29 is 9.84 Å². The summed E-state index contributed by atoms with van der Waals surface area (Å²) >= 11 is 0. The van der Waals surface area contributed by atoms with Crippen molar-refractivity contribution in [2.24, 2.45) is 0 Å². The molecule has 0 saturated heterocycles. The maximum atomic E-state index is 9.69. The summed E-state index contributed by atoms with van der Waals surface area (Å²) in [4.78, 5) is 2.40. The number of ether oxygens (including phenoxy) is 1. The molecule has 1 aliphatic rings. The number of H-pyrrole nitrogens is 1. The predicted molar refractivity (Wildman–Crippen MR) is 76.9 cm³/mol. The van der Waals surface area contributed by atoms with Crippen LogP contribution in [0.1, 0.15) is 18.2 Å². The van der Waals surface area contributed by atoms with Gasteiger partial charge < -0.3 is 9.84 Å². The van der Waals surface area contributed by atoms with Gasteiger partial charge >= 0.3 is 0 Å². The molecule has 0 atom stereocenters. The number of hydrogen-bond donors (Lipinski definition) is 2. The van der Waals surface area contributed by atoms with Gasteiger partial charge in [-0.1, -0.05) is 6.92 Å². The van der Waals surface area contributed by atoms with Crippen molar-refractivity contribution >= 4 is 0 Å². The first-order chi connectivity index (χ1) is 9.72. The Morgan fingerprint density at radius 1 is 1.45 bits per heavy atom. The maximum Gasteiger partial charge on any atom is 0.161 e. The standard InChI is InChI=1S/C15H19N3O2/c1-3-18-7-6-12-11(9-18)15(17-16-12)10-4-5-13(19)14(8-10)20-2/h4-5,8,19H,3,6-7,9H2,1-2H3,(H,16,17). The molecule has 0 unspecified atom stereocenters. The minimum atomic E-state index is 0.149. The number of rotatable bonds is 3. The van der Waals surface area contributed by atoms with Crippen LogP contribution in [-0.4, -0.2) is 40.4 Å². The molecule has 106 valence electrons. The molecule has 2 aromatic rings. The molecule has 3 rings (SSSR count). The second-order valence-corrected chi connectivity index (χ2v) is 5.03. The Bertz CT molecular complexity index is 622. The van der Waals surface area contributed by atoms with Gasteiger partial charge in [0.05, 0.1) is 12.8 Å². The Balaban J connectivity index is 2.01. The van der Waals surface area contributed by atoms with Gasteiger partial charge in [-0.2, -0.15) is 5.10 Å². The van der Waals surface area contributed by atoms with Crippen LogP contribution in [0.25, 0.3) is 11.3 Å². The first-order valence-electron chi connectivity index (χ1n) is 6.88. The van der Waals surface area contributed by atoms with Crippen LogP contribution in [0, 0.1) is 0 Å². The zero-order chi connectivity index (χ0) is 14.1. The number of phenolic OH excluding ortho intramolecular Hbond substituents is 1. The minimum Gasteiger partial charge on any atom is -0.504 e. The molecule has 0 spiro atoms. The summed E-state index contributed by atoms with van der Waals surface area (Å²) in [5, 5.41) is 17.3. The summed E-state index contributed by atoms with van der Waals surface area (Å²) < 4.78 is 5.17. The Labute approximate surface area is 118 Å². The Morgan fingerprint density at radius 3 is 3.05 bits per heavy atom. The molecule has 20 heavy (non-hydrogen) atoms. The molecule has 2 N–H and O–H groups in total. The van der Waals surface area contributed by atoms with Crippen LogP contribution >= 0.6 is 0 Å². The molecule has 0 bridgehead atoms. The molecule has 5 heteroatoms. The van der Waals surface area contributed by atoms with Gasteiger partial charge in [0.2, 0.25) is 0 Å². The lowest BCUT2D eigenvalue weighted by Crippen LogP contribution is -2.30. The topological polar surface area (TPSA) is 61.4 Å². The highest BCUT2D eigenvalue weighted by Gasteiger charge is 2.22. The van der Waals surface area contributed by atoms with E-state index in [1.807, 2.05) is 12.1 Å². The first kappa shape index (κ1) is 13.0. The highest BCUT2D eigenvalue weighted by atomic mass is 16.5. The summed E-state index contributed by atoms with van der Waals surface area (Å²) in [5.74, 6) is 0.623. The van der Waals surface area contributed by atoms with E-state index in [1.165, 1.54) is 11.3 Å². The zero-order valence-corrected chi connectivity index (χ0v) is 11.8. The fourth-order valence-corrected chi connectivity index (χ4v) is 2.68. The molecule has 2 heterocycles. The molecule has 0 amide bonds. The van der Waals surface area contributed by atoms with Crippen molar-refractivity contribution in [3.63, 3.8) is 0 Å². The smallest absolute Gasteiger partial charge is 0.161 e. The molecule has 1 aromatic carbocycles. The van der Waals surface area contributed by atoms with E-state index in [9.17, 15) is 5.11 Å². The van der Waals surface area contributed by atoms with Crippen LogP contribution in [-0.2, 0) is 13.0 Å². The van der Waals surface area contributed by atoms with Crippen LogP contribution in [0.2, 0.25) is 0 Å². The summed E-state index contributed by atoms with van der Waals surface area (Å²) in [7, 11) is 1.55. The highest BCUT2D eigenvalue weighted by Crippen LogP contribution is 2.34. The van der Waals surface area contributed by atoms with Gasteiger partial charge in [-0.25, -0.2) is 0 Å². The largest absolute Gasteiger partial charge is 0.504 e. The number of hydrogen-bond acceptors (Lipinski definition) is 4. The number of aromatic amines is 1. The van der Waals surface area contributed by atoms with Crippen molar-refractivity contribution in [2.45, 2.75) is 19.9 Å². The minimum absolute atomic E-state index is 0.149. The van der Waals surface area contributed by atoms with Crippen molar-refractivity contribution in [1.29, 1.82) is 0 Å². The SMILES string of the molecule is CCN1CCc2[nH]nc(-c3ccc(O)c(OC)c3)c2C1. The normalized spacial score (nSPS) is 15.1. The third-order valence-electron chi connectivity index (χ3n) is 3.91. The monoisotopic (exact) mass is 273 g/mol. The van der Waals surface area contributed by atoms with Crippen molar-refractivity contribution in [2.75, 3.05) is 20.2 Å². The van der Waals surface area contributed by atoms with E-state index in [4.69, 9.17) is 4.74 Å². The number of aromatic hydroxyl groups is 1. The van der Waals surface area contributed by atoms with E-state index in [0.717, 1.165) is 37.3 Å². The summed E-state index contributed by atoms with van der Waals surface area (Å²) in [6, 6.07) is 5.35. The van der Waals surface area contributed by atoms with Gasteiger partial charge in [0.15, 0.2) is 11.5 Å². The lowest BCUT2D eigenvalue weighted by Gasteiger charge is -2.25. The van der Waals surface area contributed by atoms with Gasteiger partial charge in [-0.15, -0.1) is 0 Å². The molecular formula is C15H19N3O2. The van der Waals surface area contributed by atoms with E-state index in [1.54, 1.807) is 13.2 Å². The van der Waals surface area contributed by atoms with Gasteiger partial charge in [-0.3, -0.25) is 10.00 Å². The number of nitrogens with zero attached hydrogens (tertiary/aromatic N) is 2. The van der Waals surface area contributed by atoms with Crippen LogP contribution in [0.5, 0.6) is 11.5 Å². The molecule has 0 radical (unpaired) electrons. The van der Waals surface area contributed by atoms with Crippen molar-refractivity contribution in [3.8, 4) is 22.8 Å². The third kappa shape index (κ3) is 2.14. The summed E-state index contributed by atoms with van der Waals surface area (Å²) in [6.07, 6.45) is 1.01. The fourth-order valence-electron chi connectivity index (χ4n) is 2.68. The number of methoxy groups -OCH3 is 1. The van der Waals surface area contributed by atoms with Gasteiger partial charge in [0, 0.05) is 36.3 Å². The van der Waals surface area contributed by atoms with Crippen molar-refractivity contribution in [1.82, 2.24) is 15.1 Å². The molecular weight excluding hydrogens is 254 g/mol. The molecule has 1 aliphatic heterocycles. The van der Waals surface area contributed by atoms with Crippen molar-refractivity contribution in [3.05, 3.63) is 29.5 Å².